The molecule has 198 valence electrons. The average molecular weight is 576 g/mol. The van der Waals surface area contributed by atoms with E-state index in [0.717, 1.165) is 0 Å². The summed E-state index contributed by atoms with van der Waals surface area (Å²) in [4.78, 5) is 45.0. The van der Waals surface area contributed by atoms with Crippen molar-refractivity contribution in [1.82, 2.24) is 15.6 Å². The molecule has 1 aromatic heterocycles. The van der Waals surface area contributed by atoms with Crippen LogP contribution in [0.1, 0.15) is 54.1 Å². The van der Waals surface area contributed by atoms with Crippen LogP contribution in [-0.2, 0) is 15.2 Å². The molecule has 0 saturated carbocycles. The lowest BCUT2D eigenvalue weighted by Crippen LogP contribution is -2.42. The molecule has 6 N–H and O–H groups in total. The van der Waals surface area contributed by atoms with E-state index in [4.69, 9.17) is 0 Å². The molecule has 0 fully saturated rings. The van der Waals surface area contributed by atoms with Gasteiger partial charge in [-0.1, -0.05) is 22.0 Å². The van der Waals surface area contributed by atoms with Crippen LogP contribution in [0.15, 0.2) is 46.1 Å². The summed E-state index contributed by atoms with van der Waals surface area (Å²) in [6.07, 6.45) is 1.92. The SMILES string of the molecule is CC(C)(O)c1cc(Br)cc([C@H](CC(=O)O)CC(=O)CNC(=O)c2cncc(NC3=NCC(O)CN3)c2)c1. The molecule has 1 amide bonds. The average Bonchev–Trinajstić information content (AvgIpc) is 2.82. The molecule has 12 heteroatoms. The van der Waals surface area contributed by atoms with Crippen molar-refractivity contribution >= 4 is 45.2 Å². The van der Waals surface area contributed by atoms with Crippen molar-refractivity contribution in [1.29, 1.82) is 0 Å². The van der Waals surface area contributed by atoms with E-state index in [1.165, 1.54) is 12.4 Å². The van der Waals surface area contributed by atoms with Gasteiger partial charge in [0, 0.05) is 29.6 Å². The van der Waals surface area contributed by atoms with Crippen LogP contribution < -0.4 is 16.0 Å². The lowest BCUT2D eigenvalue weighted by atomic mass is 9.87. The van der Waals surface area contributed by atoms with Crippen molar-refractivity contribution < 1.29 is 29.7 Å². The summed E-state index contributed by atoms with van der Waals surface area (Å²) in [5.41, 5.74) is 0.754. The fourth-order valence-electron chi connectivity index (χ4n) is 3.73. The summed E-state index contributed by atoms with van der Waals surface area (Å²) in [5, 5.41) is 37.7. The largest absolute Gasteiger partial charge is 0.481 e. The quantitative estimate of drug-likeness (QED) is 0.246. The number of halogens is 1. The van der Waals surface area contributed by atoms with Crippen LogP contribution in [-0.4, -0.2) is 69.7 Å². The first kappa shape index (κ1) is 28.2. The van der Waals surface area contributed by atoms with Gasteiger partial charge >= 0.3 is 5.97 Å². The smallest absolute Gasteiger partial charge is 0.303 e. The number of Topliss-reactive ketones (excluding diaryl/α,β-unsaturated/α-hetero) is 1. The molecule has 1 aromatic carbocycles. The fraction of sp³-hybridized carbons (Fsp3) is 0.400. The highest BCUT2D eigenvalue weighted by molar-refractivity contribution is 9.10. The Morgan fingerprint density at radius 1 is 1.19 bits per heavy atom. The number of aliphatic carboxylic acids is 1. The number of amides is 1. The van der Waals surface area contributed by atoms with Crippen LogP contribution in [0.25, 0.3) is 0 Å². The monoisotopic (exact) mass is 575 g/mol. The van der Waals surface area contributed by atoms with Gasteiger partial charge in [-0.15, -0.1) is 0 Å². The number of carboxylic acids is 1. The fourth-order valence-corrected chi connectivity index (χ4v) is 4.24. The second kappa shape index (κ2) is 12.3. The minimum absolute atomic E-state index is 0.106. The lowest BCUT2D eigenvalue weighted by Gasteiger charge is -2.22. The van der Waals surface area contributed by atoms with E-state index >= 15 is 0 Å². The molecule has 0 spiro atoms. The number of rotatable bonds is 10. The number of benzene rings is 1. The van der Waals surface area contributed by atoms with Crippen LogP contribution >= 0.6 is 15.9 Å². The van der Waals surface area contributed by atoms with E-state index in [0.29, 0.717) is 33.8 Å². The first-order chi connectivity index (χ1) is 17.4. The normalized spacial score (nSPS) is 16.2. The second-order valence-corrected chi connectivity index (χ2v) is 10.3. The van der Waals surface area contributed by atoms with Gasteiger partial charge < -0.3 is 31.3 Å². The first-order valence-corrected chi connectivity index (χ1v) is 12.4. The van der Waals surface area contributed by atoms with Gasteiger partial charge in [0.05, 0.1) is 48.7 Å². The number of aliphatic imine (C=N–C) groups is 1. The number of nitrogens with one attached hydrogen (secondary N) is 3. The maximum atomic E-state index is 12.7. The van der Waals surface area contributed by atoms with Crippen LogP contribution in [0, 0.1) is 0 Å². The standard InChI is InChI=1S/C25H30BrN5O6/c1-25(2,37)17-3-14(4-18(26)8-17)15(7-22(34)35)6-20(32)11-28-23(36)16-5-19(10-27-9-16)31-24-29-12-21(33)13-30-24/h3-5,8-10,15,21,33,37H,6-7,11-13H2,1-2H3,(H,28,36)(H,34,35)(H2,29,30,31)/t15-/m0/s1. The predicted molar refractivity (Wildman–Crippen MR) is 141 cm³/mol. The molecular weight excluding hydrogens is 546 g/mol. The van der Waals surface area contributed by atoms with Crippen LogP contribution in [0.4, 0.5) is 5.69 Å². The van der Waals surface area contributed by atoms with E-state index in [9.17, 15) is 29.7 Å². The van der Waals surface area contributed by atoms with Gasteiger partial charge in [-0.25, -0.2) is 0 Å². The van der Waals surface area contributed by atoms with Gasteiger partial charge in [-0.2, -0.15) is 0 Å². The molecule has 0 aliphatic carbocycles. The summed E-state index contributed by atoms with van der Waals surface area (Å²) in [7, 11) is 0. The number of hydrogen-bond donors (Lipinski definition) is 6. The number of aliphatic hydroxyl groups excluding tert-OH is 1. The Labute approximate surface area is 222 Å². The van der Waals surface area contributed by atoms with Crippen molar-refractivity contribution in [3.05, 3.63) is 57.8 Å². The zero-order valence-electron chi connectivity index (χ0n) is 20.5. The molecule has 1 aliphatic rings. The van der Waals surface area contributed by atoms with Gasteiger partial charge in [0.25, 0.3) is 5.91 Å². The number of aromatic nitrogens is 1. The van der Waals surface area contributed by atoms with Crippen molar-refractivity contribution in [2.24, 2.45) is 4.99 Å². The second-order valence-electron chi connectivity index (χ2n) is 9.36. The van der Waals surface area contributed by atoms with Crippen molar-refractivity contribution in [2.75, 3.05) is 25.0 Å². The van der Waals surface area contributed by atoms with Gasteiger partial charge in [0.15, 0.2) is 11.7 Å². The van der Waals surface area contributed by atoms with Crippen LogP contribution in [0.5, 0.6) is 0 Å². The van der Waals surface area contributed by atoms with Crippen molar-refractivity contribution in [2.45, 2.75) is 44.3 Å². The zero-order chi connectivity index (χ0) is 27.2. The summed E-state index contributed by atoms with van der Waals surface area (Å²) >= 11 is 3.39. The van der Waals surface area contributed by atoms with Gasteiger partial charge in [0.2, 0.25) is 0 Å². The molecular formula is C25H30BrN5O6. The molecule has 0 radical (unpaired) electrons. The lowest BCUT2D eigenvalue weighted by molar-refractivity contribution is -0.137. The van der Waals surface area contributed by atoms with Crippen molar-refractivity contribution in [3.8, 4) is 0 Å². The molecule has 3 rings (SSSR count). The predicted octanol–water partition coefficient (Wildman–Crippen LogP) is 1.75. The molecule has 0 saturated heterocycles. The Kier molecular flexibility index (Phi) is 9.35. The number of carboxylic acid groups (broad SMARTS) is 1. The molecule has 2 atom stereocenters. The third-order valence-electron chi connectivity index (χ3n) is 5.67. The summed E-state index contributed by atoms with van der Waals surface area (Å²) in [6.45, 7) is 3.56. The Hall–Kier alpha value is -3.35. The number of carbonyl (C=O) groups is 3. The van der Waals surface area contributed by atoms with Gasteiger partial charge in [-0.05, 0) is 43.2 Å². The number of nitrogens with zero attached hydrogens (tertiary/aromatic N) is 2. The first-order valence-electron chi connectivity index (χ1n) is 11.6. The molecule has 0 bridgehead atoms. The third-order valence-corrected chi connectivity index (χ3v) is 6.13. The number of aliphatic hydroxyl groups is 2. The van der Waals surface area contributed by atoms with E-state index in [2.05, 4.69) is 41.9 Å². The van der Waals surface area contributed by atoms with Gasteiger partial charge in [0.1, 0.15) is 0 Å². The highest BCUT2D eigenvalue weighted by atomic mass is 79.9. The molecule has 2 heterocycles. The Balaban J connectivity index is 1.64. The number of pyridine rings is 1. The summed E-state index contributed by atoms with van der Waals surface area (Å²) in [5.74, 6) is -2.11. The van der Waals surface area contributed by atoms with E-state index in [-0.39, 0.29) is 37.3 Å². The number of carbonyl (C=O) groups excluding carboxylic acids is 2. The van der Waals surface area contributed by atoms with Crippen LogP contribution in [0.2, 0.25) is 0 Å². The Morgan fingerprint density at radius 3 is 2.59 bits per heavy atom. The Bertz CT molecular complexity index is 1200. The molecule has 1 aliphatic heterocycles. The van der Waals surface area contributed by atoms with Crippen molar-refractivity contribution in [3.63, 3.8) is 0 Å². The number of anilines is 1. The summed E-state index contributed by atoms with van der Waals surface area (Å²) in [6, 6.07) is 6.71. The topological polar surface area (TPSA) is 173 Å². The minimum Gasteiger partial charge on any atom is -0.481 e. The van der Waals surface area contributed by atoms with Crippen LogP contribution in [0.3, 0.4) is 0 Å². The minimum atomic E-state index is -1.15. The number of hydrogen-bond acceptors (Lipinski definition) is 9. The number of ketones is 1. The van der Waals surface area contributed by atoms with E-state index in [1.807, 2.05) is 0 Å². The molecule has 11 nitrogen and oxygen atoms in total. The van der Waals surface area contributed by atoms with E-state index in [1.54, 1.807) is 38.1 Å². The molecule has 1 unspecified atom stereocenters. The summed E-state index contributed by atoms with van der Waals surface area (Å²) < 4.78 is 0.657. The van der Waals surface area contributed by atoms with Gasteiger partial charge in [-0.3, -0.25) is 24.4 Å². The van der Waals surface area contributed by atoms with E-state index < -0.39 is 29.5 Å². The highest BCUT2D eigenvalue weighted by Crippen LogP contribution is 2.31. The number of β-amino-alcohol motifs (C(OH)–C–C–N with tert-alkyl or cyclic N) is 1. The highest BCUT2D eigenvalue weighted by Gasteiger charge is 2.24. The Morgan fingerprint density at radius 2 is 1.95 bits per heavy atom. The maximum absolute atomic E-state index is 12.7. The molecule has 37 heavy (non-hydrogen) atoms. The number of guanidine groups is 1. The third kappa shape index (κ3) is 8.62. The maximum Gasteiger partial charge on any atom is 0.303 e. The zero-order valence-corrected chi connectivity index (χ0v) is 22.1. The molecule has 2 aromatic rings.